The number of pyridine rings is 1. The molecule has 2 amide bonds. The van der Waals surface area contributed by atoms with Crippen molar-refractivity contribution in [3.63, 3.8) is 0 Å². The zero-order valence-corrected chi connectivity index (χ0v) is 19.3. The van der Waals surface area contributed by atoms with Gasteiger partial charge in [-0.05, 0) is 63.1 Å². The molecule has 0 fully saturated rings. The number of halogens is 1. The molecule has 1 atom stereocenters. The summed E-state index contributed by atoms with van der Waals surface area (Å²) < 4.78 is 30.4. The summed E-state index contributed by atoms with van der Waals surface area (Å²) in [6.45, 7) is 8.88. The van der Waals surface area contributed by atoms with E-state index in [4.69, 9.17) is 10.1 Å². The molecule has 1 aliphatic carbocycles. The van der Waals surface area contributed by atoms with E-state index >= 15 is 0 Å². The first-order chi connectivity index (χ1) is 13.8. The molecule has 0 unspecified atom stereocenters. The van der Waals surface area contributed by atoms with E-state index in [0.29, 0.717) is 5.69 Å². The van der Waals surface area contributed by atoms with Crippen LogP contribution in [0.3, 0.4) is 0 Å². The third kappa shape index (κ3) is 4.41. The van der Waals surface area contributed by atoms with Crippen molar-refractivity contribution in [1.29, 1.82) is 0 Å². The van der Waals surface area contributed by atoms with Gasteiger partial charge in [0.05, 0.1) is 11.3 Å². The summed E-state index contributed by atoms with van der Waals surface area (Å²) in [5.41, 5.74) is 2.92. The summed E-state index contributed by atoms with van der Waals surface area (Å²) in [4.78, 5) is 17.6. The van der Waals surface area contributed by atoms with Crippen molar-refractivity contribution in [3.8, 4) is 0 Å². The number of hydrogen-bond acceptors (Lipinski definition) is 5. The molecule has 30 heavy (non-hydrogen) atoms. The Balaban J connectivity index is 1.99. The Morgan fingerprint density at radius 2 is 2.10 bits per heavy atom. The van der Waals surface area contributed by atoms with Gasteiger partial charge in [-0.15, -0.1) is 15.7 Å². The van der Waals surface area contributed by atoms with Gasteiger partial charge in [-0.2, -0.15) is 0 Å². The molecule has 10 heteroatoms. The molecule has 164 valence electrons. The van der Waals surface area contributed by atoms with Crippen molar-refractivity contribution in [2.24, 2.45) is 9.50 Å². The van der Waals surface area contributed by atoms with E-state index in [0.717, 1.165) is 59.2 Å². The molecule has 3 rings (SSSR count). The van der Waals surface area contributed by atoms with E-state index in [-0.39, 0.29) is 15.0 Å². The number of nitrogens with one attached hydrogen (secondary N) is 1. The summed E-state index contributed by atoms with van der Waals surface area (Å²) >= 11 is 0.742. The first kappa shape index (κ1) is 22.8. The van der Waals surface area contributed by atoms with Crippen LogP contribution in [0.5, 0.6) is 0 Å². The number of thiophene rings is 1. The van der Waals surface area contributed by atoms with Crippen LogP contribution in [0, 0.1) is 12.7 Å². The first-order valence-electron chi connectivity index (χ1n) is 9.71. The monoisotopic (exact) mass is 454 g/mol. The lowest BCUT2D eigenvalue weighted by Gasteiger charge is -2.18. The highest BCUT2D eigenvalue weighted by atomic mass is 32.2. The van der Waals surface area contributed by atoms with Crippen LogP contribution in [-0.2, 0) is 28.4 Å². The number of anilines is 1. The van der Waals surface area contributed by atoms with Gasteiger partial charge in [-0.25, -0.2) is 18.5 Å². The number of amides is 2. The zero-order chi connectivity index (χ0) is 22.4. The molecule has 7 nitrogen and oxygen atoms in total. The third-order valence-electron chi connectivity index (χ3n) is 5.03. The lowest BCUT2D eigenvalue weighted by atomic mass is 9.99. The maximum Gasteiger partial charge on any atom is 0.354 e. The van der Waals surface area contributed by atoms with Gasteiger partial charge in [-0.3, -0.25) is 4.98 Å². The average Bonchev–Trinajstić information content (AvgIpc) is 3.22. The maximum atomic E-state index is 14.3. The van der Waals surface area contributed by atoms with Gasteiger partial charge in [0.2, 0.25) is 0 Å². The molecule has 0 aromatic carbocycles. The second kappa shape index (κ2) is 7.99. The number of nitrogens with zero attached hydrogens (tertiary/aromatic N) is 2. The van der Waals surface area contributed by atoms with E-state index in [9.17, 15) is 18.5 Å². The van der Waals surface area contributed by atoms with E-state index in [1.165, 1.54) is 13.8 Å². The number of rotatable bonds is 4. The fraction of sp³-hybridized carbons (Fsp3) is 0.500. The largest absolute Gasteiger partial charge is 0.385 e. The van der Waals surface area contributed by atoms with Crippen LogP contribution in [0.15, 0.2) is 14.6 Å². The Morgan fingerprint density at radius 1 is 1.43 bits per heavy atom. The SMILES string of the molecule is Cc1c(C(C)C)nc2c(c1NC(=O)N=[S@@](N)(=O)c1sc(C(C)(C)O)cc1F)CCC2. The van der Waals surface area contributed by atoms with Crippen LogP contribution in [0.2, 0.25) is 0 Å². The van der Waals surface area contributed by atoms with Crippen LogP contribution in [0.25, 0.3) is 0 Å². The Bertz CT molecular complexity index is 1130. The molecule has 4 N–H and O–H groups in total. The van der Waals surface area contributed by atoms with Gasteiger partial charge in [0.25, 0.3) is 0 Å². The fourth-order valence-electron chi connectivity index (χ4n) is 3.58. The average molecular weight is 455 g/mol. The standard InChI is InChI=1S/C20H27FN4O3S2/c1-10(2)16-11(3)17(12-7-6-8-14(12)23-16)24-19(26)25-30(22,28)18-13(21)9-15(29-18)20(4,5)27/h9-10,27H,6-8H2,1-5H3,(H3,22,23,24,25,26,28)/t30-/m1/s1. The second-order valence-electron chi connectivity index (χ2n) is 8.33. The second-order valence-corrected chi connectivity index (χ2v) is 11.4. The molecule has 1 aliphatic rings. The topological polar surface area (TPSA) is 118 Å². The number of aromatic nitrogens is 1. The van der Waals surface area contributed by atoms with Crippen LogP contribution in [-0.4, -0.2) is 20.3 Å². The summed E-state index contributed by atoms with van der Waals surface area (Å²) in [5.74, 6) is -0.688. The van der Waals surface area contributed by atoms with Crippen LogP contribution >= 0.6 is 11.3 Å². The smallest absolute Gasteiger partial charge is 0.354 e. The Labute approximate surface area is 180 Å². The van der Waals surface area contributed by atoms with Crippen molar-refractivity contribution in [1.82, 2.24) is 4.98 Å². The van der Waals surface area contributed by atoms with Crippen molar-refractivity contribution in [2.45, 2.75) is 69.6 Å². The molecule has 0 radical (unpaired) electrons. The molecule has 0 saturated heterocycles. The third-order valence-corrected chi connectivity index (χ3v) is 8.37. The normalized spacial score (nSPS) is 15.8. The highest BCUT2D eigenvalue weighted by Gasteiger charge is 2.27. The highest BCUT2D eigenvalue weighted by molar-refractivity contribution is 7.93. The number of urea groups is 1. The van der Waals surface area contributed by atoms with Gasteiger partial charge in [0, 0.05) is 16.3 Å². The molecule has 2 aromatic heterocycles. The van der Waals surface area contributed by atoms with Crippen molar-refractivity contribution in [2.75, 3.05) is 5.32 Å². The van der Waals surface area contributed by atoms with E-state index < -0.39 is 27.4 Å². The van der Waals surface area contributed by atoms with Gasteiger partial charge in [0.1, 0.15) is 0 Å². The van der Waals surface area contributed by atoms with Crippen LogP contribution < -0.4 is 10.5 Å². The number of carbonyl (C=O) groups excluding carboxylic acids is 1. The number of hydrogen-bond donors (Lipinski definition) is 3. The van der Waals surface area contributed by atoms with E-state index in [2.05, 4.69) is 9.68 Å². The number of aryl methyl sites for hydroxylation is 1. The molecule has 2 aromatic rings. The van der Waals surface area contributed by atoms with Crippen molar-refractivity contribution < 1.29 is 18.5 Å². The number of aliphatic hydroxyl groups is 1. The maximum absolute atomic E-state index is 14.3. The minimum Gasteiger partial charge on any atom is -0.385 e. The molecule has 0 bridgehead atoms. The Morgan fingerprint density at radius 3 is 2.67 bits per heavy atom. The highest BCUT2D eigenvalue weighted by Crippen LogP contribution is 2.35. The molecule has 0 spiro atoms. The molecule has 0 saturated carbocycles. The van der Waals surface area contributed by atoms with Crippen LogP contribution in [0.1, 0.15) is 67.4 Å². The minimum absolute atomic E-state index is 0.169. The number of carbonyl (C=O) groups is 1. The molecular formula is C20H27FN4O3S2. The predicted molar refractivity (Wildman–Crippen MR) is 117 cm³/mol. The summed E-state index contributed by atoms with van der Waals surface area (Å²) in [6.07, 6.45) is 2.56. The van der Waals surface area contributed by atoms with Crippen molar-refractivity contribution >= 4 is 33.0 Å². The van der Waals surface area contributed by atoms with Crippen LogP contribution in [0.4, 0.5) is 14.9 Å². The van der Waals surface area contributed by atoms with Gasteiger partial charge < -0.3 is 10.4 Å². The number of nitrogens with two attached hydrogens (primary N) is 1. The van der Waals surface area contributed by atoms with Gasteiger partial charge in [-0.1, -0.05) is 13.8 Å². The van der Waals surface area contributed by atoms with E-state index in [1.807, 2.05) is 20.8 Å². The molecule has 2 heterocycles. The molecular weight excluding hydrogens is 427 g/mol. The zero-order valence-electron chi connectivity index (χ0n) is 17.7. The van der Waals surface area contributed by atoms with E-state index in [1.54, 1.807) is 0 Å². The Hall–Kier alpha value is -1.88. The lowest BCUT2D eigenvalue weighted by molar-refractivity contribution is 0.0823. The fourth-order valence-corrected chi connectivity index (χ4v) is 5.92. The van der Waals surface area contributed by atoms with Gasteiger partial charge >= 0.3 is 6.03 Å². The summed E-state index contributed by atoms with van der Waals surface area (Å²) in [5, 5.41) is 18.5. The van der Waals surface area contributed by atoms with Crippen molar-refractivity contribution in [3.05, 3.63) is 39.3 Å². The quantitative estimate of drug-likeness (QED) is 0.636. The first-order valence-corrected chi connectivity index (χ1v) is 12.1. The predicted octanol–water partition coefficient (Wildman–Crippen LogP) is 4.36. The Kier molecular flexibility index (Phi) is 6.07. The lowest BCUT2D eigenvalue weighted by Crippen LogP contribution is -2.19. The minimum atomic E-state index is -3.82. The summed E-state index contributed by atoms with van der Waals surface area (Å²) in [6, 6.07) is 0.160. The molecule has 0 aliphatic heterocycles. The number of fused-ring (bicyclic) bond motifs is 1. The summed E-state index contributed by atoms with van der Waals surface area (Å²) in [7, 11) is -3.82. The van der Waals surface area contributed by atoms with Gasteiger partial charge in [0.15, 0.2) is 19.9 Å².